The summed E-state index contributed by atoms with van der Waals surface area (Å²) in [6, 6.07) is -0.239. The largest absolute Gasteiger partial charge is 0.337 e. The predicted octanol–water partition coefficient (Wildman–Crippen LogP) is 1.39. The first-order valence-electron chi connectivity index (χ1n) is 5.71. The van der Waals surface area contributed by atoms with Gasteiger partial charge in [0.05, 0.1) is 17.4 Å². The fraction of sp³-hybridized carbons (Fsp3) is 0.545. The van der Waals surface area contributed by atoms with Gasteiger partial charge in [-0.2, -0.15) is 0 Å². The molecule has 0 aromatic carbocycles. The first kappa shape index (κ1) is 12.1. The normalized spacial score (nSPS) is 18.3. The Kier molecular flexibility index (Phi) is 4.14. The summed E-state index contributed by atoms with van der Waals surface area (Å²) in [5, 5.41) is 5.58. The summed E-state index contributed by atoms with van der Waals surface area (Å²) in [4.78, 5) is 20.1. The third-order valence-corrected chi connectivity index (χ3v) is 2.92. The minimum Gasteiger partial charge on any atom is -0.337 e. The molecular weight excluding hydrogens is 240 g/mol. The molecule has 2 amide bonds. The predicted molar refractivity (Wildman–Crippen MR) is 65.0 cm³/mol. The van der Waals surface area contributed by atoms with Crippen molar-refractivity contribution in [1.29, 1.82) is 0 Å². The second kappa shape index (κ2) is 5.82. The summed E-state index contributed by atoms with van der Waals surface area (Å²) in [5.41, 5.74) is 1.88. The number of carbonyl (C=O) groups excluding carboxylic acids is 1. The summed E-state index contributed by atoms with van der Waals surface area (Å²) in [5.74, 6) is 0.411. The quantitative estimate of drug-likeness (QED) is 0.801. The van der Waals surface area contributed by atoms with Crippen LogP contribution in [0.25, 0.3) is 0 Å². The van der Waals surface area contributed by atoms with E-state index in [4.69, 9.17) is 11.6 Å². The lowest BCUT2D eigenvalue weighted by Crippen LogP contribution is -2.40. The van der Waals surface area contributed by atoms with Crippen LogP contribution in [0.5, 0.6) is 0 Å². The van der Waals surface area contributed by atoms with E-state index in [1.807, 2.05) is 0 Å². The molecule has 1 heterocycles. The van der Waals surface area contributed by atoms with Gasteiger partial charge in [-0.05, 0) is 19.3 Å². The SMILES string of the molecule is O=C(NCCCl)NC1CCCc2nccnc21. The van der Waals surface area contributed by atoms with Crippen LogP contribution in [0.4, 0.5) is 4.79 Å². The molecule has 0 saturated heterocycles. The molecule has 1 unspecified atom stereocenters. The molecule has 17 heavy (non-hydrogen) atoms. The lowest BCUT2D eigenvalue weighted by Gasteiger charge is -2.24. The Hall–Kier alpha value is -1.36. The van der Waals surface area contributed by atoms with E-state index < -0.39 is 0 Å². The van der Waals surface area contributed by atoms with Gasteiger partial charge in [0.15, 0.2) is 0 Å². The molecule has 0 bridgehead atoms. The van der Waals surface area contributed by atoms with Crippen molar-refractivity contribution in [1.82, 2.24) is 20.6 Å². The van der Waals surface area contributed by atoms with E-state index in [0.29, 0.717) is 12.4 Å². The lowest BCUT2D eigenvalue weighted by molar-refractivity contribution is 0.235. The smallest absolute Gasteiger partial charge is 0.315 e. The van der Waals surface area contributed by atoms with Crippen LogP contribution in [0.2, 0.25) is 0 Å². The molecule has 1 aliphatic rings. The van der Waals surface area contributed by atoms with Gasteiger partial charge >= 0.3 is 6.03 Å². The maximum atomic E-state index is 11.6. The average Bonchev–Trinajstić information content (AvgIpc) is 2.37. The van der Waals surface area contributed by atoms with Crippen LogP contribution in [-0.4, -0.2) is 28.4 Å². The Labute approximate surface area is 105 Å². The Balaban J connectivity index is 2.01. The number of fused-ring (bicyclic) bond motifs is 1. The molecule has 0 fully saturated rings. The zero-order chi connectivity index (χ0) is 12.1. The number of carbonyl (C=O) groups is 1. The highest BCUT2D eigenvalue weighted by Crippen LogP contribution is 2.25. The van der Waals surface area contributed by atoms with Gasteiger partial charge in [-0.25, -0.2) is 4.79 Å². The van der Waals surface area contributed by atoms with Gasteiger partial charge < -0.3 is 10.6 Å². The standard InChI is InChI=1S/C11H15ClN4O/c12-4-5-15-11(17)16-9-3-1-2-8-10(9)14-7-6-13-8/h6-7,9H,1-5H2,(H2,15,16,17). The highest BCUT2D eigenvalue weighted by molar-refractivity contribution is 6.18. The van der Waals surface area contributed by atoms with E-state index in [1.54, 1.807) is 12.4 Å². The second-order valence-corrected chi connectivity index (χ2v) is 4.30. The minimum atomic E-state index is -0.200. The third-order valence-electron chi connectivity index (χ3n) is 2.73. The van der Waals surface area contributed by atoms with E-state index >= 15 is 0 Å². The maximum Gasteiger partial charge on any atom is 0.315 e. The van der Waals surface area contributed by atoms with Crippen LogP contribution in [0.3, 0.4) is 0 Å². The number of amides is 2. The van der Waals surface area contributed by atoms with Gasteiger partial charge in [0.1, 0.15) is 0 Å². The molecule has 6 heteroatoms. The highest BCUT2D eigenvalue weighted by Gasteiger charge is 2.23. The van der Waals surface area contributed by atoms with Crippen LogP contribution in [0, 0.1) is 0 Å². The molecule has 1 aliphatic carbocycles. The molecule has 0 saturated carbocycles. The topological polar surface area (TPSA) is 66.9 Å². The fourth-order valence-corrected chi connectivity index (χ4v) is 2.08. The van der Waals surface area contributed by atoms with Crippen molar-refractivity contribution in [2.45, 2.75) is 25.3 Å². The van der Waals surface area contributed by atoms with Crippen LogP contribution in [-0.2, 0) is 6.42 Å². The van der Waals surface area contributed by atoms with Crippen LogP contribution < -0.4 is 10.6 Å². The van der Waals surface area contributed by atoms with Gasteiger partial charge in [0.2, 0.25) is 0 Å². The van der Waals surface area contributed by atoms with Crippen molar-refractivity contribution >= 4 is 17.6 Å². The summed E-state index contributed by atoms with van der Waals surface area (Å²) in [6.07, 6.45) is 6.21. The van der Waals surface area contributed by atoms with Gasteiger partial charge in [-0.3, -0.25) is 9.97 Å². The Morgan fingerprint density at radius 3 is 3.12 bits per heavy atom. The zero-order valence-electron chi connectivity index (χ0n) is 9.45. The monoisotopic (exact) mass is 254 g/mol. The number of urea groups is 1. The van der Waals surface area contributed by atoms with E-state index in [9.17, 15) is 4.79 Å². The van der Waals surface area contributed by atoms with E-state index in [-0.39, 0.29) is 12.1 Å². The Bertz CT molecular complexity index is 399. The van der Waals surface area contributed by atoms with Crippen molar-refractivity contribution in [2.75, 3.05) is 12.4 Å². The Morgan fingerprint density at radius 1 is 1.47 bits per heavy atom. The summed E-state index contributed by atoms with van der Waals surface area (Å²) >= 11 is 5.50. The molecule has 2 rings (SSSR count). The van der Waals surface area contributed by atoms with Crippen molar-refractivity contribution in [3.05, 3.63) is 23.8 Å². The zero-order valence-corrected chi connectivity index (χ0v) is 10.2. The van der Waals surface area contributed by atoms with E-state index in [2.05, 4.69) is 20.6 Å². The first-order chi connectivity index (χ1) is 8.31. The number of aryl methyl sites for hydroxylation is 1. The number of nitrogens with one attached hydrogen (secondary N) is 2. The fourth-order valence-electron chi connectivity index (χ4n) is 1.98. The third kappa shape index (κ3) is 3.06. The number of alkyl halides is 1. The van der Waals surface area contributed by atoms with Gasteiger partial charge in [0.25, 0.3) is 0 Å². The number of halogens is 1. The van der Waals surface area contributed by atoms with E-state index in [0.717, 1.165) is 30.7 Å². The van der Waals surface area contributed by atoms with Crippen molar-refractivity contribution < 1.29 is 4.79 Å². The van der Waals surface area contributed by atoms with Crippen LogP contribution in [0.15, 0.2) is 12.4 Å². The van der Waals surface area contributed by atoms with Gasteiger partial charge in [-0.1, -0.05) is 0 Å². The highest BCUT2D eigenvalue weighted by atomic mass is 35.5. The summed E-state index contributed by atoms with van der Waals surface area (Å²) in [7, 11) is 0. The molecule has 0 radical (unpaired) electrons. The molecule has 5 nitrogen and oxygen atoms in total. The molecule has 2 N–H and O–H groups in total. The first-order valence-corrected chi connectivity index (χ1v) is 6.25. The number of nitrogens with zero attached hydrogens (tertiary/aromatic N) is 2. The van der Waals surface area contributed by atoms with E-state index in [1.165, 1.54) is 0 Å². The molecule has 92 valence electrons. The lowest BCUT2D eigenvalue weighted by atomic mass is 9.95. The van der Waals surface area contributed by atoms with Gasteiger partial charge in [0, 0.05) is 24.8 Å². The molecule has 0 aliphatic heterocycles. The number of rotatable bonds is 3. The summed E-state index contributed by atoms with van der Waals surface area (Å²) in [6.45, 7) is 0.466. The van der Waals surface area contributed by atoms with Crippen molar-refractivity contribution in [3.63, 3.8) is 0 Å². The van der Waals surface area contributed by atoms with Gasteiger partial charge in [-0.15, -0.1) is 11.6 Å². The molecule has 1 aromatic rings. The second-order valence-electron chi connectivity index (χ2n) is 3.92. The maximum absolute atomic E-state index is 11.6. The van der Waals surface area contributed by atoms with Crippen molar-refractivity contribution in [2.24, 2.45) is 0 Å². The number of aromatic nitrogens is 2. The molecule has 1 aromatic heterocycles. The number of hydrogen-bond donors (Lipinski definition) is 2. The molecule has 1 atom stereocenters. The molecule has 0 spiro atoms. The average molecular weight is 255 g/mol. The van der Waals surface area contributed by atoms with Crippen LogP contribution in [0.1, 0.15) is 30.3 Å². The van der Waals surface area contributed by atoms with Crippen LogP contribution >= 0.6 is 11.6 Å². The Morgan fingerprint density at radius 2 is 2.29 bits per heavy atom. The molecular formula is C11H15ClN4O. The van der Waals surface area contributed by atoms with Crippen molar-refractivity contribution in [3.8, 4) is 0 Å². The summed E-state index contributed by atoms with van der Waals surface area (Å²) < 4.78 is 0. The number of hydrogen-bond acceptors (Lipinski definition) is 3. The minimum absolute atomic E-state index is 0.0391.